The van der Waals surface area contributed by atoms with E-state index >= 15 is 0 Å². The van der Waals surface area contributed by atoms with Crippen molar-refractivity contribution in [1.82, 2.24) is 19.9 Å². The molecule has 152 valence electrons. The summed E-state index contributed by atoms with van der Waals surface area (Å²) in [5, 5.41) is 4.12. The third kappa shape index (κ3) is 5.43. The molecule has 0 aromatic carbocycles. The Kier molecular flexibility index (Phi) is 7.50. The van der Waals surface area contributed by atoms with Gasteiger partial charge in [-0.05, 0) is 45.4 Å². The maximum Gasteiger partial charge on any atom is 0.320 e. The Morgan fingerprint density at radius 3 is 2.74 bits per heavy atom. The first-order valence-corrected chi connectivity index (χ1v) is 10.6. The predicted octanol–water partition coefficient (Wildman–Crippen LogP) is 3.46. The molecule has 3 rings (SSSR count). The number of likely N-dealkylation sites (tertiary alicyclic amines) is 1. The lowest BCUT2D eigenvalue weighted by molar-refractivity contribution is 0.102. The topological polar surface area (TPSA) is 71.7 Å². The smallest absolute Gasteiger partial charge is 0.320 e. The lowest BCUT2D eigenvalue weighted by Crippen LogP contribution is -2.47. The van der Waals surface area contributed by atoms with Crippen LogP contribution in [0.5, 0.6) is 0 Å². The molecule has 1 atom stereocenters. The zero-order chi connectivity index (χ0) is 19.1. The average molecular weight is 379 g/mol. The number of carbonyl (C=O) groups excluding carboxylic acids is 1. The van der Waals surface area contributed by atoms with Crippen LogP contribution in [0, 0.1) is 5.92 Å². The number of aromatic nitrogens is 2. The zero-order valence-electron chi connectivity index (χ0n) is 16.9. The van der Waals surface area contributed by atoms with Crippen molar-refractivity contribution in [2.45, 2.75) is 64.7 Å². The first-order valence-electron chi connectivity index (χ1n) is 10.6. The summed E-state index contributed by atoms with van der Waals surface area (Å²) in [6.45, 7) is 8.48. The molecule has 1 aromatic heterocycles. The first kappa shape index (κ1) is 20.1. The highest BCUT2D eigenvalue weighted by atomic mass is 16.5. The quantitative estimate of drug-likeness (QED) is 0.648. The fourth-order valence-corrected chi connectivity index (χ4v) is 4.17. The van der Waals surface area contributed by atoms with Crippen LogP contribution in [-0.2, 0) is 11.2 Å². The van der Waals surface area contributed by atoms with E-state index in [2.05, 4.69) is 10.1 Å². The average Bonchev–Trinajstić information content (AvgIpc) is 3.38. The van der Waals surface area contributed by atoms with E-state index in [9.17, 15) is 4.79 Å². The normalized spacial score (nSPS) is 21.0. The van der Waals surface area contributed by atoms with Gasteiger partial charge in [-0.15, -0.1) is 0 Å². The standard InChI is InChI=1S/C20H34N4O3/c1-3-23(4-2)20(25)24-12-7-10-17(14-24)19-21-18(22-27-19)11-13-26-15-16-8-5-6-9-16/h16-17H,3-15H2,1-2H3. The number of nitrogens with zero attached hydrogens (tertiary/aromatic N) is 4. The summed E-state index contributed by atoms with van der Waals surface area (Å²) in [6.07, 6.45) is 7.94. The Hall–Kier alpha value is -1.63. The molecule has 0 bridgehead atoms. The van der Waals surface area contributed by atoms with E-state index in [1.54, 1.807) is 0 Å². The number of urea groups is 1. The molecule has 1 saturated carbocycles. The molecule has 0 spiro atoms. The molecule has 2 fully saturated rings. The molecule has 7 heteroatoms. The minimum Gasteiger partial charge on any atom is -0.381 e. The van der Waals surface area contributed by atoms with Crippen LogP contribution in [-0.4, -0.2) is 65.4 Å². The molecule has 2 aliphatic rings. The maximum atomic E-state index is 12.6. The fraction of sp³-hybridized carbons (Fsp3) is 0.850. The van der Waals surface area contributed by atoms with Crippen molar-refractivity contribution in [1.29, 1.82) is 0 Å². The van der Waals surface area contributed by atoms with Gasteiger partial charge < -0.3 is 19.1 Å². The highest BCUT2D eigenvalue weighted by Gasteiger charge is 2.30. The fourth-order valence-electron chi connectivity index (χ4n) is 4.17. The van der Waals surface area contributed by atoms with Crippen LogP contribution in [0.25, 0.3) is 0 Å². The van der Waals surface area contributed by atoms with Crippen molar-refractivity contribution in [2.75, 3.05) is 39.4 Å². The van der Waals surface area contributed by atoms with Crippen LogP contribution in [0.2, 0.25) is 0 Å². The Labute approximate surface area is 162 Å². The Balaban J connectivity index is 1.46. The van der Waals surface area contributed by atoms with Gasteiger partial charge in [0.15, 0.2) is 5.82 Å². The molecule has 1 saturated heterocycles. The van der Waals surface area contributed by atoms with E-state index < -0.39 is 0 Å². The number of carbonyl (C=O) groups is 1. The van der Waals surface area contributed by atoms with Crippen LogP contribution in [0.15, 0.2) is 4.52 Å². The van der Waals surface area contributed by atoms with Crippen molar-refractivity contribution >= 4 is 6.03 Å². The van der Waals surface area contributed by atoms with Gasteiger partial charge in [0.25, 0.3) is 0 Å². The molecule has 27 heavy (non-hydrogen) atoms. The highest BCUT2D eigenvalue weighted by Crippen LogP contribution is 2.27. The Morgan fingerprint density at radius 1 is 1.22 bits per heavy atom. The summed E-state index contributed by atoms with van der Waals surface area (Å²) in [6, 6.07) is 0.116. The molecule has 7 nitrogen and oxygen atoms in total. The summed E-state index contributed by atoms with van der Waals surface area (Å²) >= 11 is 0. The van der Waals surface area contributed by atoms with Crippen LogP contribution >= 0.6 is 0 Å². The van der Waals surface area contributed by atoms with Crippen molar-refractivity contribution in [3.8, 4) is 0 Å². The van der Waals surface area contributed by atoms with E-state index in [0.717, 1.165) is 45.0 Å². The number of piperidine rings is 1. The highest BCUT2D eigenvalue weighted by molar-refractivity contribution is 5.74. The molecule has 0 radical (unpaired) electrons. The molecular weight excluding hydrogens is 344 g/mol. The summed E-state index contributed by atoms with van der Waals surface area (Å²) in [5.41, 5.74) is 0. The number of hydrogen-bond acceptors (Lipinski definition) is 5. The third-order valence-electron chi connectivity index (χ3n) is 5.86. The maximum absolute atomic E-state index is 12.6. The minimum absolute atomic E-state index is 0.116. The van der Waals surface area contributed by atoms with Crippen LogP contribution in [0.3, 0.4) is 0 Å². The molecule has 1 aliphatic heterocycles. The van der Waals surface area contributed by atoms with Gasteiger partial charge in [0.1, 0.15) is 0 Å². The largest absolute Gasteiger partial charge is 0.381 e. The van der Waals surface area contributed by atoms with E-state index in [-0.39, 0.29) is 11.9 Å². The second-order valence-corrected chi connectivity index (χ2v) is 7.76. The van der Waals surface area contributed by atoms with Gasteiger partial charge in [0.2, 0.25) is 5.89 Å². The van der Waals surface area contributed by atoms with Gasteiger partial charge in [-0.1, -0.05) is 18.0 Å². The molecule has 2 heterocycles. The van der Waals surface area contributed by atoms with Crippen molar-refractivity contribution in [3.63, 3.8) is 0 Å². The summed E-state index contributed by atoms with van der Waals surface area (Å²) in [7, 11) is 0. The van der Waals surface area contributed by atoms with Crippen molar-refractivity contribution in [3.05, 3.63) is 11.7 Å². The SMILES string of the molecule is CCN(CC)C(=O)N1CCCC(c2nc(CCOCC3CCCC3)no2)C1. The second-order valence-electron chi connectivity index (χ2n) is 7.76. The van der Waals surface area contributed by atoms with E-state index in [0.29, 0.717) is 31.3 Å². The Morgan fingerprint density at radius 2 is 2.00 bits per heavy atom. The monoisotopic (exact) mass is 378 g/mol. The molecule has 2 amide bonds. The molecule has 1 aromatic rings. The van der Waals surface area contributed by atoms with Gasteiger partial charge in [0, 0.05) is 39.2 Å². The number of ether oxygens (including phenoxy) is 1. The molecular formula is C20H34N4O3. The van der Waals surface area contributed by atoms with Gasteiger partial charge >= 0.3 is 6.03 Å². The van der Waals surface area contributed by atoms with Gasteiger partial charge in [-0.3, -0.25) is 0 Å². The predicted molar refractivity (Wildman–Crippen MR) is 103 cm³/mol. The van der Waals surface area contributed by atoms with Crippen LogP contribution in [0.1, 0.15) is 70.0 Å². The van der Waals surface area contributed by atoms with Gasteiger partial charge in [0.05, 0.1) is 12.5 Å². The number of rotatable bonds is 8. The first-order chi connectivity index (χ1) is 13.2. The lowest BCUT2D eigenvalue weighted by atomic mass is 9.98. The minimum atomic E-state index is 0.116. The Bertz CT molecular complexity index is 582. The summed E-state index contributed by atoms with van der Waals surface area (Å²) < 4.78 is 11.3. The van der Waals surface area contributed by atoms with Gasteiger partial charge in [-0.2, -0.15) is 4.98 Å². The van der Waals surface area contributed by atoms with Gasteiger partial charge in [-0.25, -0.2) is 4.79 Å². The molecule has 1 aliphatic carbocycles. The zero-order valence-corrected chi connectivity index (χ0v) is 16.9. The molecule has 0 N–H and O–H groups in total. The van der Waals surface area contributed by atoms with Crippen LogP contribution < -0.4 is 0 Å². The van der Waals surface area contributed by atoms with E-state index in [4.69, 9.17) is 9.26 Å². The third-order valence-corrected chi connectivity index (χ3v) is 5.86. The lowest BCUT2D eigenvalue weighted by Gasteiger charge is -2.34. The summed E-state index contributed by atoms with van der Waals surface area (Å²) in [4.78, 5) is 21.0. The van der Waals surface area contributed by atoms with Crippen molar-refractivity contribution < 1.29 is 14.1 Å². The number of amides is 2. The second kappa shape index (κ2) is 10.1. The van der Waals surface area contributed by atoms with E-state index in [1.165, 1.54) is 25.7 Å². The molecule has 1 unspecified atom stereocenters. The summed E-state index contributed by atoms with van der Waals surface area (Å²) in [5.74, 6) is 2.25. The van der Waals surface area contributed by atoms with Crippen molar-refractivity contribution in [2.24, 2.45) is 5.92 Å². The van der Waals surface area contributed by atoms with Crippen LogP contribution in [0.4, 0.5) is 4.79 Å². The number of hydrogen-bond donors (Lipinski definition) is 0. The van der Waals surface area contributed by atoms with E-state index in [1.807, 2.05) is 23.6 Å².